The number of carbonyl (C=O) groups excluding carboxylic acids is 2. The van der Waals surface area contributed by atoms with E-state index in [2.05, 4.69) is 15.3 Å². The molecule has 1 heterocycles. The van der Waals surface area contributed by atoms with E-state index in [1.165, 1.54) is 7.11 Å². The van der Waals surface area contributed by atoms with Crippen LogP contribution >= 0.6 is 11.6 Å². The second kappa shape index (κ2) is 6.64. The van der Waals surface area contributed by atoms with Gasteiger partial charge in [0.25, 0.3) is 5.91 Å². The van der Waals surface area contributed by atoms with Gasteiger partial charge in [-0.05, 0) is 24.3 Å². The molecule has 0 spiro atoms. The van der Waals surface area contributed by atoms with E-state index in [0.29, 0.717) is 16.7 Å². The summed E-state index contributed by atoms with van der Waals surface area (Å²) in [6, 6.07) is 13.6. The number of nitrogens with one attached hydrogen (secondary N) is 1. The standard InChI is InChI=1S/C17H12ClN3O3/c1-24-17(23)10-6-2-3-7-11(10)21-16(22)14-15(18)20-13-9-5-4-8-12(13)19-14/h2-9H,1H3,(H,21,22). The Balaban J connectivity index is 1.96. The number of fused-ring (bicyclic) bond motifs is 1. The van der Waals surface area contributed by atoms with E-state index in [-0.39, 0.29) is 16.4 Å². The minimum Gasteiger partial charge on any atom is -0.465 e. The molecule has 0 saturated carbocycles. The Morgan fingerprint density at radius 1 is 1.00 bits per heavy atom. The molecule has 0 fully saturated rings. The number of amides is 1. The number of carbonyl (C=O) groups is 2. The topological polar surface area (TPSA) is 81.2 Å². The van der Waals surface area contributed by atoms with Crippen LogP contribution in [0.5, 0.6) is 0 Å². The largest absolute Gasteiger partial charge is 0.465 e. The molecular weight excluding hydrogens is 330 g/mol. The first-order valence-corrected chi connectivity index (χ1v) is 7.39. The average molecular weight is 342 g/mol. The van der Waals surface area contributed by atoms with Crippen molar-refractivity contribution in [1.82, 2.24) is 9.97 Å². The summed E-state index contributed by atoms with van der Waals surface area (Å²) >= 11 is 6.07. The predicted octanol–water partition coefficient (Wildman–Crippen LogP) is 3.32. The van der Waals surface area contributed by atoms with Crippen molar-refractivity contribution in [2.24, 2.45) is 0 Å². The molecule has 0 radical (unpaired) electrons. The summed E-state index contributed by atoms with van der Waals surface area (Å²) in [6.07, 6.45) is 0. The van der Waals surface area contributed by atoms with Crippen molar-refractivity contribution in [2.45, 2.75) is 0 Å². The monoisotopic (exact) mass is 341 g/mol. The van der Waals surface area contributed by atoms with Gasteiger partial charge in [0.2, 0.25) is 0 Å². The quantitative estimate of drug-likeness (QED) is 0.739. The molecule has 2 aromatic carbocycles. The van der Waals surface area contributed by atoms with Crippen molar-refractivity contribution in [3.63, 3.8) is 0 Å². The smallest absolute Gasteiger partial charge is 0.339 e. The van der Waals surface area contributed by atoms with E-state index >= 15 is 0 Å². The number of nitrogens with zero attached hydrogens (tertiary/aromatic N) is 2. The van der Waals surface area contributed by atoms with Gasteiger partial charge in [0, 0.05) is 0 Å². The number of hydrogen-bond donors (Lipinski definition) is 1. The number of aromatic nitrogens is 2. The Morgan fingerprint density at radius 2 is 1.62 bits per heavy atom. The van der Waals surface area contributed by atoms with Gasteiger partial charge in [-0.2, -0.15) is 0 Å². The van der Waals surface area contributed by atoms with Crippen LogP contribution in [0.1, 0.15) is 20.8 Å². The molecule has 0 bridgehead atoms. The fraction of sp³-hybridized carbons (Fsp3) is 0.0588. The summed E-state index contributed by atoms with van der Waals surface area (Å²) < 4.78 is 4.70. The van der Waals surface area contributed by atoms with Crippen molar-refractivity contribution < 1.29 is 14.3 Å². The molecule has 3 aromatic rings. The van der Waals surface area contributed by atoms with Gasteiger partial charge in [-0.1, -0.05) is 35.9 Å². The van der Waals surface area contributed by atoms with E-state index in [0.717, 1.165) is 0 Å². The third-order valence-electron chi connectivity index (χ3n) is 3.32. The number of ether oxygens (including phenoxy) is 1. The third-order valence-corrected chi connectivity index (χ3v) is 3.59. The zero-order valence-electron chi connectivity index (χ0n) is 12.6. The Bertz CT molecular complexity index is 943. The second-order valence-corrected chi connectivity index (χ2v) is 5.20. The highest BCUT2D eigenvalue weighted by atomic mass is 35.5. The molecule has 0 aliphatic rings. The van der Waals surface area contributed by atoms with Crippen molar-refractivity contribution in [3.05, 3.63) is 64.9 Å². The van der Waals surface area contributed by atoms with Crippen LogP contribution in [-0.4, -0.2) is 29.0 Å². The maximum atomic E-state index is 12.5. The highest BCUT2D eigenvalue weighted by Gasteiger charge is 2.18. The summed E-state index contributed by atoms with van der Waals surface area (Å²) in [5, 5.41) is 2.61. The Hall–Kier alpha value is -2.99. The zero-order chi connectivity index (χ0) is 17.1. The molecular formula is C17H12ClN3O3. The average Bonchev–Trinajstić information content (AvgIpc) is 2.60. The molecule has 1 N–H and O–H groups in total. The fourth-order valence-corrected chi connectivity index (χ4v) is 2.40. The highest BCUT2D eigenvalue weighted by molar-refractivity contribution is 6.33. The minimum absolute atomic E-state index is 0.0123. The number of methoxy groups -OCH3 is 1. The number of halogens is 1. The lowest BCUT2D eigenvalue weighted by molar-refractivity contribution is 0.0602. The molecule has 24 heavy (non-hydrogen) atoms. The van der Waals surface area contributed by atoms with Crippen LogP contribution in [0.15, 0.2) is 48.5 Å². The Morgan fingerprint density at radius 3 is 2.33 bits per heavy atom. The Labute approximate surface area is 142 Å². The van der Waals surface area contributed by atoms with Gasteiger partial charge in [0.1, 0.15) is 0 Å². The number of benzene rings is 2. The number of hydrogen-bond acceptors (Lipinski definition) is 5. The van der Waals surface area contributed by atoms with Gasteiger partial charge in [0.05, 0.1) is 29.4 Å². The van der Waals surface area contributed by atoms with E-state index in [1.807, 2.05) is 0 Å². The van der Waals surface area contributed by atoms with Gasteiger partial charge < -0.3 is 10.1 Å². The number of anilines is 1. The lowest BCUT2D eigenvalue weighted by Crippen LogP contribution is -2.17. The highest BCUT2D eigenvalue weighted by Crippen LogP contribution is 2.20. The molecule has 1 aromatic heterocycles. The molecule has 0 aliphatic heterocycles. The van der Waals surface area contributed by atoms with Crippen molar-refractivity contribution in [2.75, 3.05) is 12.4 Å². The maximum Gasteiger partial charge on any atom is 0.339 e. The number of esters is 1. The lowest BCUT2D eigenvalue weighted by Gasteiger charge is -2.10. The van der Waals surface area contributed by atoms with Crippen LogP contribution in [-0.2, 0) is 4.74 Å². The summed E-state index contributed by atoms with van der Waals surface area (Å²) in [4.78, 5) is 32.7. The van der Waals surface area contributed by atoms with Crippen molar-refractivity contribution >= 4 is 40.2 Å². The van der Waals surface area contributed by atoms with Gasteiger partial charge in [-0.25, -0.2) is 14.8 Å². The summed E-state index contributed by atoms with van der Waals surface area (Å²) in [7, 11) is 1.27. The first-order valence-electron chi connectivity index (χ1n) is 7.01. The van der Waals surface area contributed by atoms with Crippen molar-refractivity contribution in [1.29, 1.82) is 0 Å². The normalized spacial score (nSPS) is 10.4. The van der Waals surface area contributed by atoms with E-state index in [1.54, 1.807) is 48.5 Å². The van der Waals surface area contributed by atoms with Crippen LogP contribution in [0.25, 0.3) is 11.0 Å². The van der Waals surface area contributed by atoms with Crippen LogP contribution in [0.3, 0.4) is 0 Å². The molecule has 0 unspecified atom stereocenters. The molecule has 0 aliphatic carbocycles. The Kier molecular flexibility index (Phi) is 4.39. The van der Waals surface area contributed by atoms with E-state index in [9.17, 15) is 9.59 Å². The third kappa shape index (κ3) is 3.04. The maximum absolute atomic E-state index is 12.5. The van der Waals surface area contributed by atoms with Gasteiger partial charge in [-0.3, -0.25) is 4.79 Å². The zero-order valence-corrected chi connectivity index (χ0v) is 13.4. The molecule has 7 heteroatoms. The minimum atomic E-state index is -0.561. The SMILES string of the molecule is COC(=O)c1ccccc1NC(=O)c1nc2ccccc2nc1Cl. The first kappa shape index (κ1) is 15.9. The molecule has 3 rings (SSSR count). The first-order chi connectivity index (χ1) is 11.6. The fourth-order valence-electron chi connectivity index (χ4n) is 2.18. The van der Waals surface area contributed by atoms with Gasteiger partial charge in [0.15, 0.2) is 10.8 Å². The molecule has 0 atom stereocenters. The molecule has 120 valence electrons. The van der Waals surface area contributed by atoms with Crippen LogP contribution in [0.4, 0.5) is 5.69 Å². The molecule has 1 amide bonds. The van der Waals surface area contributed by atoms with Crippen molar-refractivity contribution in [3.8, 4) is 0 Å². The number of rotatable bonds is 3. The summed E-state index contributed by atoms with van der Waals surface area (Å²) in [6.45, 7) is 0. The molecule has 6 nitrogen and oxygen atoms in total. The predicted molar refractivity (Wildman–Crippen MR) is 90.3 cm³/mol. The second-order valence-electron chi connectivity index (χ2n) is 4.84. The summed E-state index contributed by atoms with van der Waals surface area (Å²) in [5.74, 6) is -1.11. The van der Waals surface area contributed by atoms with E-state index < -0.39 is 11.9 Å². The van der Waals surface area contributed by atoms with E-state index in [4.69, 9.17) is 16.3 Å². The van der Waals surface area contributed by atoms with Gasteiger partial charge in [-0.15, -0.1) is 0 Å². The lowest BCUT2D eigenvalue weighted by atomic mass is 10.1. The van der Waals surface area contributed by atoms with Crippen LogP contribution < -0.4 is 5.32 Å². The summed E-state index contributed by atoms with van der Waals surface area (Å²) in [5.41, 5.74) is 1.66. The van der Waals surface area contributed by atoms with Crippen LogP contribution in [0, 0.1) is 0 Å². The van der Waals surface area contributed by atoms with Crippen LogP contribution in [0.2, 0.25) is 5.15 Å². The number of para-hydroxylation sites is 3. The van der Waals surface area contributed by atoms with Gasteiger partial charge >= 0.3 is 5.97 Å². The molecule has 0 saturated heterocycles.